The fraction of sp³-hybridized carbons (Fsp3) is 0.389. The second-order valence-electron chi connectivity index (χ2n) is 5.47. The Kier molecular flexibility index (Phi) is 4.77. The van der Waals surface area contributed by atoms with E-state index in [0.717, 1.165) is 16.8 Å². The molecule has 0 aromatic heterocycles. The first-order valence-electron chi connectivity index (χ1n) is 7.38. The van der Waals surface area contributed by atoms with E-state index in [1.165, 1.54) is 0 Å². The number of carbonyl (C=O) groups is 1. The van der Waals surface area contributed by atoms with Crippen LogP contribution in [0.3, 0.4) is 0 Å². The Morgan fingerprint density at radius 1 is 1.36 bits per heavy atom. The molecule has 2 unspecified atom stereocenters. The molecule has 0 saturated carbocycles. The fourth-order valence-electron chi connectivity index (χ4n) is 2.90. The van der Waals surface area contributed by atoms with Gasteiger partial charge in [-0.25, -0.2) is 4.79 Å². The van der Waals surface area contributed by atoms with E-state index in [0.29, 0.717) is 17.9 Å². The largest absolute Gasteiger partial charge is 0.463 e. The maximum atomic E-state index is 12.4. The van der Waals surface area contributed by atoms with Crippen LogP contribution in [0.5, 0.6) is 0 Å². The standard InChI is InChI=1S/C18H20N2O2/c1-5-22-18(21)16-13(4)20-12(3)15(10-19)17(16)14-8-6-7-11(2)9-14/h6-9,15,17H,5H2,1-4H3. The van der Waals surface area contributed by atoms with Gasteiger partial charge in [0.05, 0.1) is 24.2 Å². The number of nitriles is 1. The summed E-state index contributed by atoms with van der Waals surface area (Å²) in [6.45, 7) is 7.70. The molecule has 1 aliphatic rings. The zero-order chi connectivity index (χ0) is 16.3. The molecule has 0 saturated heterocycles. The summed E-state index contributed by atoms with van der Waals surface area (Å²) in [5.41, 5.74) is 3.90. The normalized spacial score (nSPS) is 21.1. The number of hydrogen-bond donors (Lipinski definition) is 0. The summed E-state index contributed by atoms with van der Waals surface area (Å²) in [5.74, 6) is -1.17. The van der Waals surface area contributed by atoms with Crippen molar-refractivity contribution in [2.24, 2.45) is 10.9 Å². The van der Waals surface area contributed by atoms with Gasteiger partial charge in [-0.05, 0) is 33.3 Å². The number of hydrogen-bond acceptors (Lipinski definition) is 4. The summed E-state index contributed by atoms with van der Waals surface area (Å²) in [5, 5.41) is 9.57. The Bertz CT molecular complexity index is 695. The van der Waals surface area contributed by atoms with Crippen LogP contribution in [-0.4, -0.2) is 18.3 Å². The number of esters is 1. The maximum absolute atomic E-state index is 12.4. The lowest BCUT2D eigenvalue weighted by atomic mass is 9.76. The van der Waals surface area contributed by atoms with Crippen molar-refractivity contribution >= 4 is 11.7 Å². The lowest BCUT2D eigenvalue weighted by Crippen LogP contribution is -2.29. The van der Waals surface area contributed by atoms with Crippen molar-refractivity contribution in [3.05, 3.63) is 46.7 Å². The van der Waals surface area contributed by atoms with E-state index < -0.39 is 5.92 Å². The van der Waals surface area contributed by atoms with Gasteiger partial charge in [0.15, 0.2) is 0 Å². The highest BCUT2D eigenvalue weighted by molar-refractivity contribution is 5.98. The van der Waals surface area contributed by atoms with Crippen LogP contribution in [0.2, 0.25) is 0 Å². The van der Waals surface area contributed by atoms with Crippen LogP contribution in [0.15, 0.2) is 40.5 Å². The van der Waals surface area contributed by atoms with Crippen LogP contribution in [0.25, 0.3) is 0 Å². The van der Waals surface area contributed by atoms with Crippen molar-refractivity contribution in [2.45, 2.75) is 33.6 Å². The first-order valence-corrected chi connectivity index (χ1v) is 7.38. The molecule has 0 fully saturated rings. The topological polar surface area (TPSA) is 62.4 Å². The quantitative estimate of drug-likeness (QED) is 0.802. The zero-order valence-corrected chi connectivity index (χ0v) is 13.4. The molecule has 4 nitrogen and oxygen atoms in total. The van der Waals surface area contributed by atoms with Gasteiger partial charge in [0.1, 0.15) is 0 Å². The molecule has 114 valence electrons. The Labute approximate surface area is 131 Å². The Balaban J connectivity index is 2.61. The average molecular weight is 296 g/mol. The lowest BCUT2D eigenvalue weighted by molar-refractivity contribution is -0.139. The number of benzene rings is 1. The molecule has 2 rings (SSSR count). The lowest BCUT2D eigenvalue weighted by Gasteiger charge is -2.29. The van der Waals surface area contributed by atoms with Crippen LogP contribution < -0.4 is 0 Å². The number of nitrogens with zero attached hydrogens (tertiary/aromatic N) is 2. The summed E-state index contributed by atoms with van der Waals surface area (Å²) in [7, 11) is 0. The van der Waals surface area contributed by atoms with Crippen LogP contribution in [-0.2, 0) is 9.53 Å². The monoisotopic (exact) mass is 296 g/mol. The number of aliphatic imine (C=N–C) groups is 1. The summed E-state index contributed by atoms with van der Waals surface area (Å²) in [6.07, 6.45) is 0. The molecular weight excluding hydrogens is 276 g/mol. The number of allylic oxidation sites excluding steroid dienone is 1. The molecule has 0 bridgehead atoms. The van der Waals surface area contributed by atoms with Gasteiger partial charge in [-0.3, -0.25) is 4.99 Å². The van der Waals surface area contributed by atoms with Crippen LogP contribution in [0.1, 0.15) is 37.8 Å². The number of carbonyl (C=O) groups excluding carboxylic acids is 1. The van der Waals surface area contributed by atoms with Gasteiger partial charge in [-0.2, -0.15) is 5.26 Å². The highest BCUT2D eigenvalue weighted by Crippen LogP contribution is 2.39. The summed E-state index contributed by atoms with van der Waals surface area (Å²) in [6, 6.07) is 10.2. The van der Waals surface area contributed by atoms with Gasteiger partial charge in [-0.15, -0.1) is 0 Å². The summed E-state index contributed by atoms with van der Waals surface area (Å²) in [4.78, 5) is 16.8. The average Bonchev–Trinajstić information content (AvgIpc) is 2.46. The van der Waals surface area contributed by atoms with E-state index in [2.05, 4.69) is 11.1 Å². The smallest absolute Gasteiger partial charge is 0.336 e. The van der Waals surface area contributed by atoms with Gasteiger partial charge in [-0.1, -0.05) is 29.8 Å². The van der Waals surface area contributed by atoms with Crippen molar-refractivity contribution in [2.75, 3.05) is 6.61 Å². The van der Waals surface area contributed by atoms with Crippen LogP contribution in [0.4, 0.5) is 0 Å². The minimum absolute atomic E-state index is 0.302. The van der Waals surface area contributed by atoms with Gasteiger partial charge < -0.3 is 4.74 Å². The van der Waals surface area contributed by atoms with Crippen molar-refractivity contribution < 1.29 is 9.53 Å². The third-order valence-electron chi connectivity index (χ3n) is 3.86. The molecule has 0 spiro atoms. The van der Waals surface area contributed by atoms with Gasteiger partial charge >= 0.3 is 5.97 Å². The van der Waals surface area contributed by atoms with E-state index in [4.69, 9.17) is 4.74 Å². The molecule has 2 atom stereocenters. The molecule has 0 amide bonds. The number of rotatable bonds is 3. The molecule has 22 heavy (non-hydrogen) atoms. The van der Waals surface area contributed by atoms with E-state index in [1.807, 2.05) is 38.1 Å². The predicted molar refractivity (Wildman–Crippen MR) is 85.5 cm³/mol. The van der Waals surface area contributed by atoms with Crippen molar-refractivity contribution in [3.63, 3.8) is 0 Å². The molecule has 4 heteroatoms. The minimum Gasteiger partial charge on any atom is -0.463 e. The number of aryl methyl sites for hydroxylation is 1. The highest BCUT2D eigenvalue weighted by Gasteiger charge is 2.37. The molecule has 1 aromatic rings. The third-order valence-corrected chi connectivity index (χ3v) is 3.86. The summed E-state index contributed by atoms with van der Waals surface area (Å²) >= 11 is 0. The van der Waals surface area contributed by atoms with Gasteiger partial charge in [0.2, 0.25) is 0 Å². The first-order chi connectivity index (χ1) is 10.5. The molecule has 0 radical (unpaired) electrons. The molecule has 1 heterocycles. The fourth-order valence-corrected chi connectivity index (χ4v) is 2.90. The Hall–Kier alpha value is -2.41. The molecule has 1 aromatic carbocycles. The van der Waals surface area contributed by atoms with E-state index >= 15 is 0 Å². The highest BCUT2D eigenvalue weighted by atomic mass is 16.5. The second kappa shape index (κ2) is 6.57. The molecular formula is C18H20N2O2. The van der Waals surface area contributed by atoms with Crippen LogP contribution >= 0.6 is 0 Å². The zero-order valence-electron chi connectivity index (χ0n) is 13.4. The molecule has 0 N–H and O–H groups in total. The Morgan fingerprint density at radius 2 is 2.09 bits per heavy atom. The van der Waals surface area contributed by atoms with Crippen molar-refractivity contribution in [3.8, 4) is 6.07 Å². The van der Waals surface area contributed by atoms with E-state index in [-0.39, 0.29) is 11.9 Å². The van der Waals surface area contributed by atoms with E-state index in [1.54, 1.807) is 13.8 Å². The molecule has 1 aliphatic heterocycles. The van der Waals surface area contributed by atoms with Gasteiger partial charge in [0.25, 0.3) is 0 Å². The van der Waals surface area contributed by atoms with Crippen LogP contribution in [0, 0.1) is 24.2 Å². The maximum Gasteiger partial charge on any atom is 0.336 e. The van der Waals surface area contributed by atoms with E-state index in [9.17, 15) is 10.1 Å². The van der Waals surface area contributed by atoms with Gasteiger partial charge in [0, 0.05) is 17.3 Å². The van der Waals surface area contributed by atoms with Crippen molar-refractivity contribution in [1.82, 2.24) is 0 Å². The minimum atomic E-state index is -0.454. The summed E-state index contributed by atoms with van der Waals surface area (Å²) < 4.78 is 5.19. The SMILES string of the molecule is CCOC(=O)C1=C(C)N=C(C)C(C#N)C1c1cccc(C)c1. The first kappa shape index (κ1) is 16.0. The third kappa shape index (κ3) is 2.94. The van der Waals surface area contributed by atoms with Crippen molar-refractivity contribution in [1.29, 1.82) is 5.26 Å². The second-order valence-corrected chi connectivity index (χ2v) is 5.47. The Morgan fingerprint density at radius 3 is 2.68 bits per heavy atom. The number of ether oxygens (including phenoxy) is 1. The predicted octanol–water partition coefficient (Wildman–Crippen LogP) is 3.53. The molecule has 0 aliphatic carbocycles.